The maximum Gasteiger partial charge on any atom is 0.264 e. The second-order valence-electron chi connectivity index (χ2n) is 11.3. The lowest BCUT2D eigenvalue weighted by Gasteiger charge is -2.34. The number of nitrogens with zero attached hydrogens (tertiary/aromatic N) is 2. The van der Waals surface area contributed by atoms with Gasteiger partial charge in [-0.1, -0.05) is 97.7 Å². The van der Waals surface area contributed by atoms with Gasteiger partial charge in [0, 0.05) is 24.5 Å². The largest absolute Gasteiger partial charge is 0.354 e. The summed E-state index contributed by atoms with van der Waals surface area (Å²) in [6.07, 6.45) is 0.168. The maximum absolute atomic E-state index is 15.2. The van der Waals surface area contributed by atoms with Crippen LogP contribution in [0, 0.1) is 18.7 Å². The van der Waals surface area contributed by atoms with Crippen molar-refractivity contribution >= 4 is 39.1 Å². The second kappa shape index (κ2) is 15.2. The van der Waals surface area contributed by atoms with Crippen LogP contribution in [0.2, 0.25) is 5.02 Å². The van der Waals surface area contributed by atoms with Crippen molar-refractivity contribution < 1.29 is 22.4 Å². The highest BCUT2D eigenvalue weighted by Crippen LogP contribution is 2.27. The lowest BCUT2D eigenvalue weighted by atomic mass is 10.0. The van der Waals surface area contributed by atoms with Crippen LogP contribution >= 0.6 is 11.6 Å². The average Bonchev–Trinajstić information content (AvgIpc) is 3.01. The molecule has 7 nitrogen and oxygen atoms in total. The van der Waals surface area contributed by atoms with Crippen LogP contribution in [-0.2, 0) is 32.6 Å². The van der Waals surface area contributed by atoms with Crippen LogP contribution in [0.3, 0.4) is 0 Å². The minimum Gasteiger partial charge on any atom is -0.354 e. The molecule has 0 fully saturated rings. The number of hydrogen-bond acceptors (Lipinski definition) is 4. The van der Waals surface area contributed by atoms with Crippen molar-refractivity contribution in [1.82, 2.24) is 10.2 Å². The number of benzene rings is 4. The van der Waals surface area contributed by atoms with Crippen LogP contribution in [0.25, 0.3) is 0 Å². The highest BCUT2D eigenvalue weighted by Gasteiger charge is 2.35. The van der Waals surface area contributed by atoms with Gasteiger partial charge in [0.2, 0.25) is 11.8 Å². The predicted molar refractivity (Wildman–Crippen MR) is 176 cm³/mol. The minimum absolute atomic E-state index is 0.0400. The van der Waals surface area contributed by atoms with Gasteiger partial charge in [-0.15, -0.1) is 0 Å². The molecule has 4 aromatic carbocycles. The summed E-state index contributed by atoms with van der Waals surface area (Å²) in [6, 6.07) is 26.6. The molecule has 1 unspecified atom stereocenters. The fraction of sp³-hybridized carbons (Fsp3) is 0.257. The number of rotatable bonds is 13. The third kappa shape index (κ3) is 8.93. The number of para-hydroxylation sites is 1. The number of carbonyl (C=O) groups excluding carboxylic acids is 2. The van der Waals surface area contributed by atoms with Crippen molar-refractivity contribution in [2.24, 2.45) is 5.92 Å². The first-order valence-electron chi connectivity index (χ1n) is 14.6. The van der Waals surface area contributed by atoms with Gasteiger partial charge in [0.1, 0.15) is 18.4 Å². The summed E-state index contributed by atoms with van der Waals surface area (Å²) < 4.78 is 44.0. The number of anilines is 1. The summed E-state index contributed by atoms with van der Waals surface area (Å²) in [5.74, 6) is -1.73. The van der Waals surface area contributed by atoms with Gasteiger partial charge >= 0.3 is 0 Å². The molecule has 0 aliphatic heterocycles. The van der Waals surface area contributed by atoms with Crippen molar-refractivity contribution in [2.75, 3.05) is 17.4 Å². The highest BCUT2D eigenvalue weighted by molar-refractivity contribution is 7.92. The zero-order valence-corrected chi connectivity index (χ0v) is 27.1. The molecular formula is C35H37ClFN3O4S. The molecule has 236 valence electrons. The third-order valence-electron chi connectivity index (χ3n) is 7.21. The van der Waals surface area contributed by atoms with E-state index in [1.54, 1.807) is 36.4 Å². The van der Waals surface area contributed by atoms with Gasteiger partial charge < -0.3 is 10.2 Å². The summed E-state index contributed by atoms with van der Waals surface area (Å²) in [7, 11) is -4.40. The second-order valence-corrected chi connectivity index (χ2v) is 13.6. The Balaban J connectivity index is 1.81. The fourth-order valence-electron chi connectivity index (χ4n) is 4.81. The zero-order valence-electron chi connectivity index (χ0n) is 25.5. The smallest absolute Gasteiger partial charge is 0.264 e. The number of sulfonamides is 1. The van der Waals surface area contributed by atoms with E-state index in [1.807, 2.05) is 51.1 Å². The standard InChI is InChI=1S/C35H37ClFN3O4S/c1-25(2)22-38-35(42)33(21-27-10-5-4-6-11-27)39(23-28-12-9-13-29(36)20-28)34(41)24-40(32-15-8-7-14-31(32)37)45(43,44)30-18-16-26(3)17-19-30/h4-20,25,33H,21-24H2,1-3H3,(H,38,42). The van der Waals surface area contributed by atoms with Crippen molar-refractivity contribution in [3.8, 4) is 0 Å². The van der Waals surface area contributed by atoms with Crippen LogP contribution in [0.1, 0.15) is 30.5 Å². The molecule has 0 aliphatic rings. The number of aryl methyl sites for hydroxylation is 1. The summed E-state index contributed by atoms with van der Waals surface area (Å²) in [5.41, 5.74) is 2.01. The monoisotopic (exact) mass is 649 g/mol. The predicted octanol–water partition coefficient (Wildman–Crippen LogP) is 6.40. The molecule has 0 saturated heterocycles. The Labute approximate surface area is 269 Å². The van der Waals surface area contributed by atoms with Gasteiger partial charge in [-0.2, -0.15) is 0 Å². The number of hydrogen-bond donors (Lipinski definition) is 1. The van der Waals surface area contributed by atoms with E-state index in [0.29, 0.717) is 17.1 Å². The van der Waals surface area contributed by atoms with Crippen molar-refractivity contribution in [3.63, 3.8) is 0 Å². The van der Waals surface area contributed by atoms with E-state index in [2.05, 4.69) is 5.32 Å². The lowest BCUT2D eigenvalue weighted by Crippen LogP contribution is -2.53. The molecule has 2 amide bonds. The van der Waals surface area contributed by atoms with Gasteiger partial charge in [0.15, 0.2) is 0 Å². The van der Waals surface area contributed by atoms with Gasteiger partial charge in [0.05, 0.1) is 10.6 Å². The Morgan fingerprint density at radius 3 is 2.16 bits per heavy atom. The molecule has 0 saturated carbocycles. The van der Waals surface area contributed by atoms with E-state index < -0.39 is 34.3 Å². The summed E-state index contributed by atoms with van der Waals surface area (Å²) >= 11 is 6.27. The molecule has 4 rings (SSSR count). The van der Waals surface area contributed by atoms with Crippen LogP contribution in [0.15, 0.2) is 108 Å². The van der Waals surface area contributed by atoms with E-state index in [-0.39, 0.29) is 35.4 Å². The van der Waals surface area contributed by atoms with Crippen molar-refractivity contribution in [3.05, 3.63) is 131 Å². The summed E-state index contributed by atoms with van der Waals surface area (Å²) in [5, 5.41) is 3.38. The van der Waals surface area contributed by atoms with E-state index in [9.17, 15) is 18.0 Å². The van der Waals surface area contributed by atoms with Crippen molar-refractivity contribution in [2.45, 2.75) is 44.7 Å². The van der Waals surface area contributed by atoms with E-state index in [4.69, 9.17) is 11.6 Å². The van der Waals surface area contributed by atoms with Crippen LogP contribution in [-0.4, -0.2) is 44.3 Å². The maximum atomic E-state index is 15.2. The number of amides is 2. The number of nitrogens with one attached hydrogen (secondary N) is 1. The molecule has 45 heavy (non-hydrogen) atoms. The quantitative estimate of drug-likeness (QED) is 0.182. The fourth-order valence-corrected chi connectivity index (χ4v) is 6.45. The van der Waals surface area contributed by atoms with E-state index >= 15 is 4.39 Å². The Kier molecular flexibility index (Phi) is 11.4. The minimum atomic E-state index is -4.40. The molecular weight excluding hydrogens is 613 g/mol. The van der Waals surface area contributed by atoms with Crippen molar-refractivity contribution in [1.29, 1.82) is 0 Å². The molecule has 0 bridgehead atoms. The molecule has 4 aromatic rings. The molecule has 1 atom stereocenters. The highest BCUT2D eigenvalue weighted by atomic mass is 35.5. The molecule has 10 heteroatoms. The lowest BCUT2D eigenvalue weighted by molar-refractivity contribution is -0.140. The Hall–Kier alpha value is -4.21. The SMILES string of the molecule is Cc1ccc(S(=O)(=O)N(CC(=O)N(Cc2cccc(Cl)c2)C(Cc2ccccc2)C(=O)NCC(C)C)c2ccccc2F)cc1. The Morgan fingerprint density at radius 2 is 1.51 bits per heavy atom. The number of carbonyl (C=O) groups is 2. The normalized spacial score (nSPS) is 12.0. The molecule has 0 heterocycles. The summed E-state index contributed by atoms with van der Waals surface area (Å²) in [6.45, 7) is 5.33. The molecule has 1 N–H and O–H groups in total. The van der Waals surface area contributed by atoms with Gasteiger partial charge in [-0.05, 0) is 60.4 Å². The first kappa shape index (κ1) is 33.7. The number of halogens is 2. The summed E-state index contributed by atoms with van der Waals surface area (Å²) in [4.78, 5) is 29.5. The van der Waals surface area contributed by atoms with Crippen LogP contribution < -0.4 is 9.62 Å². The van der Waals surface area contributed by atoms with Crippen LogP contribution in [0.4, 0.5) is 10.1 Å². The van der Waals surface area contributed by atoms with Gasteiger partial charge in [-0.3, -0.25) is 13.9 Å². The Bertz CT molecular complexity index is 1720. The molecule has 0 spiro atoms. The van der Waals surface area contributed by atoms with Crippen LogP contribution in [0.5, 0.6) is 0 Å². The first-order chi connectivity index (χ1) is 21.5. The first-order valence-corrected chi connectivity index (χ1v) is 16.5. The average molecular weight is 650 g/mol. The molecule has 0 aliphatic carbocycles. The topological polar surface area (TPSA) is 86.8 Å². The van der Waals surface area contributed by atoms with E-state index in [1.165, 1.54) is 35.2 Å². The molecule has 0 radical (unpaired) electrons. The van der Waals surface area contributed by atoms with Gasteiger partial charge in [-0.25, -0.2) is 12.8 Å². The van der Waals surface area contributed by atoms with Gasteiger partial charge in [0.25, 0.3) is 10.0 Å². The third-order valence-corrected chi connectivity index (χ3v) is 9.22. The Morgan fingerprint density at radius 1 is 0.867 bits per heavy atom. The van der Waals surface area contributed by atoms with E-state index in [0.717, 1.165) is 21.5 Å². The zero-order chi connectivity index (χ0) is 32.6. The molecule has 0 aromatic heterocycles.